The number of pyridine rings is 1. The SMILES string of the molecule is O=C(CCNC(=O)OCC(F)(F)F)Nc1cccnc1-n1cccn1. The van der Waals surface area contributed by atoms with Gasteiger partial charge in [-0.25, -0.2) is 14.5 Å². The zero-order valence-electron chi connectivity index (χ0n) is 12.8. The quantitative estimate of drug-likeness (QED) is 0.823. The molecule has 2 N–H and O–H groups in total. The largest absolute Gasteiger partial charge is 0.440 e. The number of alkyl halides is 3. The van der Waals surface area contributed by atoms with Crippen LogP contribution in [-0.2, 0) is 9.53 Å². The molecule has 0 saturated carbocycles. The predicted octanol–water partition coefficient (Wildman–Crippen LogP) is 1.88. The number of amides is 2. The number of halogens is 3. The van der Waals surface area contributed by atoms with Gasteiger partial charge in [0.05, 0.1) is 5.69 Å². The molecule has 0 aliphatic rings. The van der Waals surface area contributed by atoms with E-state index in [4.69, 9.17) is 0 Å². The van der Waals surface area contributed by atoms with Crippen LogP contribution in [-0.4, -0.2) is 46.1 Å². The number of carbonyl (C=O) groups excluding carboxylic acids is 2. The standard InChI is InChI=1S/C14H14F3N5O3/c15-14(16,17)9-25-13(24)19-7-4-11(23)21-10-3-1-5-18-12(10)22-8-2-6-20-22/h1-3,5-6,8H,4,7,9H2,(H,19,24)(H,21,23). The molecule has 0 aromatic carbocycles. The Hall–Kier alpha value is -3.11. The van der Waals surface area contributed by atoms with Crippen molar-refractivity contribution in [3.05, 3.63) is 36.8 Å². The summed E-state index contributed by atoms with van der Waals surface area (Å²) >= 11 is 0. The summed E-state index contributed by atoms with van der Waals surface area (Å²) in [6, 6.07) is 4.93. The van der Waals surface area contributed by atoms with Crippen LogP contribution in [0.5, 0.6) is 0 Å². The van der Waals surface area contributed by atoms with Gasteiger partial charge in [0.25, 0.3) is 0 Å². The van der Waals surface area contributed by atoms with Crippen molar-refractivity contribution in [1.29, 1.82) is 0 Å². The average Bonchev–Trinajstić information content (AvgIpc) is 3.07. The molecule has 0 spiro atoms. The molecule has 25 heavy (non-hydrogen) atoms. The first-order valence-electron chi connectivity index (χ1n) is 7.07. The third kappa shape index (κ3) is 6.12. The normalized spacial score (nSPS) is 11.0. The summed E-state index contributed by atoms with van der Waals surface area (Å²) in [4.78, 5) is 27.1. The molecule has 11 heteroatoms. The lowest BCUT2D eigenvalue weighted by Crippen LogP contribution is -2.31. The minimum Gasteiger partial charge on any atom is -0.440 e. The Bertz CT molecular complexity index is 719. The van der Waals surface area contributed by atoms with Crippen LogP contribution in [0.4, 0.5) is 23.7 Å². The van der Waals surface area contributed by atoms with Crippen LogP contribution in [0.1, 0.15) is 6.42 Å². The summed E-state index contributed by atoms with van der Waals surface area (Å²) in [5.41, 5.74) is 0.399. The molecule has 2 heterocycles. The molecule has 2 rings (SSSR count). The molecular formula is C14H14F3N5O3. The number of ether oxygens (including phenoxy) is 1. The number of alkyl carbamates (subject to hydrolysis) is 1. The minimum absolute atomic E-state index is 0.158. The smallest absolute Gasteiger partial charge is 0.422 e. The predicted molar refractivity (Wildman–Crippen MR) is 80.0 cm³/mol. The number of nitrogens with zero attached hydrogens (tertiary/aromatic N) is 3. The van der Waals surface area contributed by atoms with Gasteiger partial charge < -0.3 is 15.4 Å². The molecule has 134 valence electrons. The molecule has 2 aromatic rings. The van der Waals surface area contributed by atoms with E-state index in [2.05, 4.69) is 25.5 Å². The second-order valence-corrected chi connectivity index (χ2v) is 4.74. The van der Waals surface area contributed by atoms with Gasteiger partial charge in [-0.05, 0) is 18.2 Å². The van der Waals surface area contributed by atoms with Gasteiger partial charge in [0, 0.05) is 31.6 Å². The highest BCUT2D eigenvalue weighted by Gasteiger charge is 2.29. The Morgan fingerprint density at radius 2 is 2.04 bits per heavy atom. The fourth-order valence-corrected chi connectivity index (χ4v) is 1.76. The molecule has 0 fully saturated rings. The van der Waals surface area contributed by atoms with Crippen molar-refractivity contribution in [3.63, 3.8) is 0 Å². The van der Waals surface area contributed by atoms with E-state index in [1.54, 1.807) is 30.6 Å². The fourth-order valence-electron chi connectivity index (χ4n) is 1.76. The van der Waals surface area contributed by atoms with Crippen molar-refractivity contribution < 1.29 is 27.5 Å². The maximum Gasteiger partial charge on any atom is 0.422 e. The minimum atomic E-state index is -4.60. The molecule has 0 aliphatic heterocycles. The molecule has 8 nitrogen and oxygen atoms in total. The first-order chi connectivity index (χ1) is 11.8. The van der Waals surface area contributed by atoms with Gasteiger partial charge in [0.2, 0.25) is 5.91 Å². The lowest BCUT2D eigenvalue weighted by molar-refractivity contribution is -0.160. The molecular weight excluding hydrogens is 343 g/mol. The zero-order valence-corrected chi connectivity index (χ0v) is 12.8. The van der Waals surface area contributed by atoms with Crippen molar-refractivity contribution >= 4 is 17.7 Å². The van der Waals surface area contributed by atoms with E-state index < -0.39 is 24.8 Å². The van der Waals surface area contributed by atoms with Gasteiger partial charge >= 0.3 is 12.3 Å². The van der Waals surface area contributed by atoms with Gasteiger partial charge in [-0.1, -0.05) is 0 Å². The van der Waals surface area contributed by atoms with Crippen molar-refractivity contribution in [1.82, 2.24) is 20.1 Å². The van der Waals surface area contributed by atoms with Crippen LogP contribution < -0.4 is 10.6 Å². The van der Waals surface area contributed by atoms with Crippen LogP contribution in [0.2, 0.25) is 0 Å². The van der Waals surface area contributed by atoms with E-state index in [1.807, 2.05) is 0 Å². The van der Waals surface area contributed by atoms with E-state index in [1.165, 1.54) is 10.9 Å². The highest BCUT2D eigenvalue weighted by molar-refractivity contribution is 5.92. The molecule has 2 amide bonds. The number of nitrogens with one attached hydrogen (secondary N) is 2. The van der Waals surface area contributed by atoms with E-state index in [9.17, 15) is 22.8 Å². The molecule has 0 unspecified atom stereocenters. The van der Waals surface area contributed by atoms with Crippen LogP contribution in [0.3, 0.4) is 0 Å². The van der Waals surface area contributed by atoms with Crippen molar-refractivity contribution in [3.8, 4) is 5.82 Å². The van der Waals surface area contributed by atoms with E-state index >= 15 is 0 Å². The maximum atomic E-state index is 11.9. The topological polar surface area (TPSA) is 98.1 Å². The fraction of sp³-hybridized carbons (Fsp3) is 0.286. The summed E-state index contributed by atoms with van der Waals surface area (Å²) in [5, 5.41) is 8.67. The second-order valence-electron chi connectivity index (χ2n) is 4.74. The Kier molecular flexibility index (Phi) is 5.93. The number of rotatable bonds is 6. The molecule has 0 aliphatic carbocycles. The third-order valence-electron chi connectivity index (χ3n) is 2.77. The monoisotopic (exact) mass is 357 g/mol. The number of hydrogen-bond donors (Lipinski definition) is 2. The molecule has 0 radical (unpaired) electrons. The van der Waals surface area contributed by atoms with Crippen molar-refractivity contribution in [2.24, 2.45) is 0 Å². The summed E-state index contributed by atoms with van der Waals surface area (Å²) in [7, 11) is 0. The zero-order chi connectivity index (χ0) is 18.3. The third-order valence-corrected chi connectivity index (χ3v) is 2.77. The van der Waals surface area contributed by atoms with Crippen LogP contribution in [0.15, 0.2) is 36.8 Å². The van der Waals surface area contributed by atoms with Crippen molar-refractivity contribution in [2.75, 3.05) is 18.5 Å². The first kappa shape index (κ1) is 18.2. The van der Waals surface area contributed by atoms with Gasteiger partial charge in [-0.3, -0.25) is 4.79 Å². The Morgan fingerprint density at radius 3 is 2.72 bits per heavy atom. The first-order valence-corrected chi connectivity index (χ1v) is 7.07. The Balaban J connectivity index is 1.81. The Labute approximate surface area is 140 Å². The van der Waals surface area contributed by atoms with E-state index in [0.717, 1.165) is 0 Å². The van der Waals surface area contributed by atoms with Gasteiger partial charge in [-0.2, -0.15) is 18.3 Å². The number of anilines is 1. The Morgan fingerprint density at radius 1 is 1.24 bits per heavy atom. The molecule has 2 aromatic heterocycles. The van der Waals surface area contributed by atoms with Gasteiger partial charge in [-0.15, -0.1) is 0 Å². The average molecular weight is 357 g/mol. The highest BCUT2D eigenvalue weighted by atomic mass is 19.4. The second kappa shape index (κ2) is 8.13. The highest BCUT2D eigenvalue weighted by Crippen LogP contribution is 2.16. The molecule has 0 saturated heterocycles. The summed E-state index contributed by atoms with van der Waals surface area (Å²) in [5.74, 6) is -0.0593. The van der Waals surface area contributed by atoms with Gasteiger partial charge in [0.1, 0.15) is 0 Å². The lowest BCUT2D eigenvalue weighted by Gasteiger charge is -2.11. The summed E-state index contributed by atoms with van der Waals surface area (Å²) in [6.45, 7) is -1.87. The number of hydrogen-bond acceptors (Lipinski definition) is 5. The lowest BCUT2D eigenvalue weighted by atomic mass is 10.3. The molecule has 0 bridgehead atoms. The van der Waals surface area contributed by atoms with Gasteiger partial charge in [0.15, 0.2) is 12.4 Å². The summed E-state index contributed by atoms with van der Waals surface area (Å²) < 4.78 is 41.0. The number of carbonyl (C=O) groups is 2. The van der Waals surface area contributed by atoms with Crippen molar-refractivity contribution in [2.45, 2.75) is 12.6 Å². The maximum absolute atomic E-state index is 11.9. The van der Waals surface area contributed by atoms with E-state index in [-0.39, 0.29) is 13.0 Å². The van der Waals surface area contributed by atoms with Crippen LogP contribution >= 0.6 is 0 Å². The molecule has 0 atom stereocenters. The van der Waals surface area contributed by atoms with Crippen LogP contribution in [0.25, 0.3) is 5.82 Å². The summed E-state index contributed by atoms with van der Waals surface area (Å²) in [6.07, 6.45) is -1.27. The van der Waals surface area contributed by atoms with Crippen LogP contribution in [0, 0.1) is 0 Å². The number of aromatic nitrogens is 3. The van der Waals surface area contributed by atoms with E-state index in [0.29, 0.717) is 11.5 Å².